The van der Waals surface area contributed by atoms with Crippen molar-refractivity contribution in [2.24, 2.45) is 0 Å². The molecule has 0 saturated carbocycles. The Balaban J connectivity index is 1.55. The van der Waals surface area contributed by atoms with Gasteiger partial charge in [0.05, 0.1) is 24.6 Å². The van der Waals surface area contributed by atoms with Gasteiger partial charge in [-0.05, 0) is 23.8 Å². The molecular formula is C15H14N4O2. The van der Waals surface area contributed by atoms with Gasteiger partial charge in [-0.25, -0.2) is 0 Å². The minimum atomic E-state index is -0.148. The number of hydrogen-bond acceptors (Lipinski definition) is 4. The largest absolute Gasteiger partial charge is 0.472 e. The Hall–Kier alpha value is -2.89. The summed E-state index contributed by atoms with van der Waals surface area (Å²) in [6.45, 7) is 1.11. The average molecular weight is 282 g/mol. The van der Waals surface area contributed by atoms with Crippen molar-refractivity contribution >= 4 is 5.91 Å². The van der Waals surface area contributed by atoms with Crippen molar-refractivity contribution in [1.82, 2.24) is 20.1 Å². The average Bonchev–Trinajstić information content (AvgIpc) is 3.20. The summed E-state index contributed by atoms with van der Waals surface area (Å²) in [4.78, 5) is 15.7. The van der Waals surface area contributed by atoms with E-state index in [1.165, 1.54) is 12.5 Å². The van der Waals surface area contributed by atoms with E-state index in [-0.39, 0.29) is 5.91 Å². The van der Waals surface area contributed by atoms with Crippen LogP contribution in [0, 0.1) is 0 Å². The summed E-state index contributed by atoms with van der Waals surface area (Å²) in [5.74, 6) is -0.148. The molecule has 0 aliphatic carbocycles. The fraction of sp³-hybridized carbons (Fsp3) is 0.133. The molecule has 0 unspecified atom stereocenters. The lowest BCUT2D eigenvalue weighted by atomic mass is 10.1. The maximum atomic E-state index is 11.7. The van der Waals surface area contributed by atoms with Crippen LogP contribution in [0.4, 0.5) is 0 Å². The van der Waals surface area contributed by atoms with E-state index in [2.05, 4.69) is 15.4 Å². The van der Waals surface area contributed by atoms with Gasteiger partial charge >= 0.3 is 0 Å². The zero-order valence-corrected chi connectivity index (χ0v) is 11.3. The number of nitrogens with zero attached hydrogens (tertiary/aromatic N) is 3. The highest BCUT2D eigenvalue weighted by Gasteiger charge is 2.06. The van der Waals surface area contributed by atoms with E-state index in [4.69, 9.17) is 4.42 Å². The lowest BCUT2D eigenvalue weighted by Crippen LogP contribution is -2.26. The van der Waals surface area contributed by atoms with Gasteiger partial charge in [-0.2, -0.15) is 5.10 Å². The van der Waals surface area contributed by atoms with Crippen LogP contribution in [0.15, 0.2) is 59.9 Å². The molecule has 0 bridgehead atoms. The van der Waals surface area contributed by atoms with E-state index in [0.717, 1.165) is 11.1 Å². The highest BCUT2D eigenvalue weighted by Crippen LogP contribution is 2.16. The van der Waals surface area contributed by atoms with Gasteiger partial charge in [0.25, 0.3) is 5.91 Å². The van der Waals surface area contributed by atoms with Gasteiger partial charge in [-0.15, -0.1) is 0 Å². The maximum Gasteiger partial charge on any atom is 0.254 e. The molecule has 0 saturated heterocycles. The monoisotopic (exact) mass is 282 g/mol. The van der Waals surface area contributed by atoms with Crippen molar-refractivity contribution in [3.05, 3.63) is 61.1 Å². The van der Waals surface area contributed by atoms with Crippen molar-refractivity contribution in [2.75, 3.05) is 6.54 Å². The van der Waals surface area contributed by atoms with Crippen molar-refractivity contribution in [3.63, 3.8) is 0 Å². The van der Waals surface area contributed by atoms with E-state index in [0.29, 0.717) is 18.7 Å². The second kappa shape index (κ2) is 6.04. The first-order valence-corrected chi connectivity index (χ1v) is 6.56. The Kier molecular flexibility index (Phi) is 3.77. The Labute approximate surface area is 121 Å². The summed E-state index contributed by atoms with van der Waals surface area (Å²) in [6, 6.07) is 5.49. The zero-order valence-electron chi connectivity index (χ0n) is 11.3. The maximum absolute atomic E-state index is 11.7. The lowest BCUT2D eigenvalue weighted by molar-refractivity contribution is 0.0951. The van der Waals surface area contributed by atoms with Gasteiger partial charge in [-0.3, -0.25) is 14.5 Å². The smallest absolute Gasteiger partial charge is 0.254 e. The van der Waals surface area contributed by atoms with Crippen molar-refractivity contribution in [2.45, 2.75) is 6.54 Å². The van der Waals surface area contributed by atoms with Gasteiger partial charge in [0, 0.05) is 30.7 Å². The fourth-order valence-electron chi connectivity index (χ4n) is 1.96. The van der Waals surface area contributed by atoms with Crippen molar-refractivity contribution < 1.29 is 9.21 Å². The molecule has 106 valence electrons. The van der Waals surface area contributed by atoms with Crippen LogP contribution >= 0.6 is 0 Å². The molecule has 21 heavy (non-hydrogen) atoms. The topological polar surface area (TPSA) is 73.0 Å². The Morgan fingerprint density at radius 1 is 1.24 bits per heavy atom. The van der Waals surface area contributed by atoms with Crippen LogP contribution in [0.1, 0.15) is 10.4 Å². The van der Waals surface area contributed by atoms with Gasteiger partial charge in [-0.1, -0.05) is 0 Å². The van der Waals surface area contributed by atoms with E-state index in [9.17, 15) is 4.79 Å². The highest BCUT2D eigenvalue weighted by atomic mass is 16.3. The van der Waals surface area contributed by atoms with Crippen LogP contribution in [-0.4, -0.2) is 27.2 Å². The predicted octanol–water partition coefficient (Wildman–Crippen LogP) is 1.97. The van der Waals surface area contributed by atoms with Crippen LogP contribution in [0.5, 0.6) is 0 Å². The summed E-state index contributed by atoms with van der Waals surface area (Å²) >= 11 is 0. The third kappa shape index (κ3) is 3.17. The van der Waals surface area contributed by atoms with Crippen molar-refractivity contribution in [3.8, 4) is 11.1 Å². The quantitative estimate of drug-likeness (QED) is 0.776. The first-order chi connectivity index (χ1) is 10.3. The van der Waals surface area contributed by atoms with Crippen molar-refractivity contribution in [1.29, 1.82) is 0 Å². The molecule has 3 aromatic rings. The molecule has 0 radical (unpaired) electrons. The molecule has 6 nitrogen and oxygen atoms in total. The highest BCUT2D eigenvalue weighted by molar-refractivity contribution is 5.93. The third-order valence-corrected chi connectivity index (χ3v) is 3.06. The molecule has 0 aromatic carbocycles. The summed E-state index contributed by atoms with van der Waals surface area (Å²) < 4.78 is 6.67. The molecule has 3 rings (SSSR count). The summed E-state index contributed by atoms with van der Waals surface area (Å²) in [6.07, 6.45) is 10.1. The van der Waals surface area contributed by atoms with E-state index < -0.39 is 0 Å². The van der Waals surface area contributed by atoms with Crippen LogP contribution < -0.4 is 5.32 Å². The molecule has 3 heterocycles. The number of carbonyl (C=O) groups is 1. The molecule has 0 fully saturated rings. The number of pyridine rings is 1. The van der Waals surface area contributed by atoms with Gasteiger partial charge in [0.1, 0.15) is 6.26 Å². The second-order valence-electron chi connectivity index (χ2n) is 4.50. The molecule has 0 aliphatic heterocycles. The first kappa shape index (κ1) is 13.1. The molecule has 0 atom stereocenters. The number of carbonyl (C=O) groups excluding carboxylic acids is 1. The molecular weight excluding hydrogens is 268 g/mol. The molecule has 1 N–H and O–H groups in total. The Morgan fingerprint density at radius 3 is 2.86 bits per heavy atom. The second-order valence-corrected chi connectivity index (χ2v) is 4.50. The number of aromatic nitrogens is 3. The lowest BCUT2D eigenvalue weighted by Gasteiger charge is -2.03. The molecule has 3 aromatic heterocycles. The summed E-state index contributed by atoms with van der Waals surface area (Å²) in [5, 5.41) is 7.09. The third-order valence-electron chi connectivity index (χ3n) is 3.06. The normalized spacial score (nSPS) is 10.5. The van der Waals surface area contributed by atoms with E-state index in [1.807, 2.05) is 18.3 Å². The minimum Gasteiger partial charge on any atom is -0.472 e. The Bertz CT molecular complexity index is 704. The first-order valence-electron chi connectivity index (χ1n) is 6.56. The van der Waals surface area contributed by atoms with Crippen LogP contribution in [0.25, 0.3) is 11.1 Å². The van der Waals surface area contributed by atoms with E-state index >= 15 is 0 Å². The SMILES string of the molecule is O=C(NCCn1cc(-c2ccncc2)cn1)c1ccoc1. The number of hydrogen-bond donors (Lipinski definition) is 1. The summed E-state index contributed by atoms with van der Waals surface area (Å²) in [5.41, 5.74) is 2.62. The van der Waals surface area contributed by atoms with Gasteiger partial charge < -0.3 is 9.73 Å². The fourth-order valence-corrected chi connectivity index (χ4v) is 1.96. The van der Waals surface area contributed by atoms with Crippen LogP contribution in [0.3, 0.4) is 0 Å². The van der Waals surface area contributed by atoms with Gasteiger partial charge in [0.2, 0.25) is 0 Å². The van der Waals surface area contributed by atoms with Crippen LogP contribution in [0.2, 0.25) is 0 Å². The van der Waals surface area contributed by atoms with E-state index in [1.54, 1.807) is 29.3 Å². The zero-order chi connectivity index (χ0) is 14.5. The van der Waals surface area contributed by atoms with Gasteiger partial charge in [0.15, 0.2) is 0 Å². The molecule has 0 spiro atoms. The predicted molar refractivity (Wildman–Crippen MR) is 76.5 cm³/mol. The molecule has 1 amide bonds. The number of furan rings is 1. The molecule has 6 heteroatoms. The molecule has 0 aliphatic rings. The minimum absolute atomic E-state index is 0.148. The number of amides is 1. The number of rotatable bonds is 5. The standard InChI is InChI=1S/C15H14N4O2/c20-15(13-3-8-21-11-13)17-6-7-19-10-14(9-18-19)12-1-4-16-5-2-12/h1-5,8-11H,6-7H2,(H,17,20). The van der Waals surface area contributed by atoms with Crippen LogP contribution in [-0.2, 0) is 6.54 Å². The Morgan fingerprint density at radius 2 is 2.10 bits per heavy atom. The summed E-state index contributed by atoms with van der Waals surface area (Å²) in [7, 11) is 0. The number of nitrogens with one attached hydrogen (secondary N) is 1.